The monoisotopic (exact) mass is 284 g/mol. The third-order valence-electron chi connectivity index (χ3n) is 1.80. The highest BCUT2D eigenvalue weighted by molar-refractivity contribution is 9.10. The van der Waals surface area contributed by atoms with Crippen molar-refractivity contribution in [1.82, 2.24) is 9.88 Å². The molecule has 0 aliphatic carbocycles. The van der Waals surface area contributed by atoms with Gasteiger partial charge in [0.1, 0.15) is 0 Å². The Morgan fingerprint density at radius 1 is 1.56 bits per heavy atom. The molecule has 0 aliphatic rings. The fraction of sp³-hybridized carbons (Fsp3) is 0.273. The normalized spacial score (nSPS) is 10.5. The van der Waals surface area contributed by atoms with Crippen LogP contribution in [0.4, 0.5) is 0 Å². The number of rotatable bonds is 4. The fourth-order valence-corrected chi connectivity index (χ4v) is 1.40. The molecule has 0 fully saturated rings. The molecular formula is C11H13BrN2O2. The van der Waals surface area contributed by atoms with Crippen molar-refractivity contribution in [2.24, 2.45) is 0 Å². The number of allylic oxidation sites excluding steroid dienone is 1. The quantitative estimate of drug-likeness (QED) is 0.627. The van der Waals surface area contributed by atoms with Crippen molar-refractivity contribution in [2.45, 2.75) is 0 Å². The van der Waals surface area contributed by atoms with Crippen LogP contribution in [0.5, 0.6) is 5.88 Å². The zero-order valence-corrected chi connectivity index (χ0v) is 11.0. The number of ether oxygens (including phenoxy) is 1. The Morgan fingerprint density at radius 2 is 2.25 bits per heavy atom. The molecule has 0 aromatic carbocycles. The molecule has 1 aromatic heterocycles. The van der Waals surface area contributed by atoms with Crippen LogP contribution >= 0.6 is 15.9 Å². The van der Waals surface area contributed by atoms with E-state index in [1.807, 2.05) is 14.1 Å². The molecule has 0 atom stereocenters. The summed E-state index contributed by atoms with van der Waals surface area (Å²) in [5.41, 5.74) is 0.440. The second-order valence-corrected chi connectivity index (χ2v) is 4.27. The third-order valence-corrected chi connectivity index (χ3v) is 2.23. The van der Waals surface area contributed by atoms with Crippen LogP contribution < -0.4 is 4.74 Å². The van der Waals surface area contributed by atoms with Crippen molar-refractivity contribution in [3.05, 3.63) is 34.6 Å². The van der Waals surface area contributed by atoms with Gasteiger partial charge < -0.3 is 9.64 Å². The number of methoxy groups -OCH3 is 1. The predicted octanol–water partition coefficient (Wildman–Crippen LogP) is 2.11. The molecule has 0 bridgehead atoms. The SMILES string of the molecule is COc1ncc(Br)cc1C(=O)/C=C/N(C)C. The Hall–Kier alpha value is -1.36. The average molecular weight is 285 g/mol. The van der Waals surface area contributed by atoms with E-state index in [1.165, 1.54) is 13.2 Å². The van der Waals surface area contributed by atoms with E-state index >= 15 is 0 Å². The minimum absolute atomic E-state index is 0.139. The van der Waals surface area contributed by atoms with Gasteiger partial charge in [-0.1, -0.05) is 0 Å². The number of nitrogens with zero attached hydrogens (tertiary/aromatic N) is 2. The molecule has 0 saturated heterocycles. The molecule has 0 unspecified atom stereocenters. The first-order chi connectivity index (χ1) is 7.54. The number of pyridine rings is 1. The molecular weight excluding hydrogens is 272 g/mol. The number of ketones is 1. The standard InChI is InChI=1S/C11H13BrN2O2/c1-14(2)5-4-10(15)9-6-8(12)7-13-11(9)16-3/h4-7H,1-3H3/b5-4+. The highest BCUT2D eigenvalue weighted by Crippen LogP contribution is 2.20. The van der Waals surface area contributed by atoms with E-state index < -0.39 is 0 Å². The number of carbonyl (C=O) groups is 1. The third kappa shape index (κ3) is 3.34. The molecule has 86 valence electrons. The maximum Gasteiger partial charge on any atom is 0.224 e. The summed E-state index contributed by atoms with van der Waals surface area (Å²) in [7, 11) is 5.18. The van der Waals surface area contributed by atoms with Crippen LogP contribution in [-0.4, -0.2) is 36.9 Å². The Bertz CT molecular complexity index is 416. The molecule has 0 amide bonds. The molecule has 0 radical (unpaired) electrons. The molecule has 1 heterocycles. The van der Waals surface area contributed by atoms with Crippen LogP contribution in [0.3, 0.4) is 0 Å². The van der Waals surface area contributed by atoms with Crippen molar-refractivity contribution in [3.8, 4) is 5.88 Å². The van der Waals surface area contributed by atoms with Gasteiger partial charge in [-0.15, -0.1) is 0 Å². The van der Waals surface area contributed by atoms with Gasteiger partial charge >= 0.3 is 0 Å². The van der Waals surface area contributed by atoms with Crippen LogP contribution in [0.15, 0.2) is 29.0 Å². The number of hydrogen-bond acceptors (Lipinski definition) is 4. The summed E-state index contributed by atoms with van der Waals surface area (Å²) in [6.07, 6.45) is 4.75. The highest BCUT2D eigenvalue weighted by atomic mass is 79.9. The topological polar surface area (TPSA) is 42.4 Å². The lowest BCUT2D eigenvalue weighted by Crippen LogP contribution is -2.05. The van der Waals surface area contributed by atoms with Gasteiger partial charge in [0.15, 0.2) is 5.78 Å². The van der Waals surface area contributed by atoms with E-state index in [9.17, 15) is 4.79 Å². The second-order valence-electron chi connectivity index (χ2n) is 3.35. The second kappa shape index (κ2) is 5.65. The number of carbonyl (C=O) groups excluding carboxylic acids is 1. The van der Waals surface area contributed by atoms with Gasteiger partial charge in [0.05, 0.1) is 12.7 Å². The van der Waals surface area contributed by atoms with Crippen LogP contribution in [0, 0.1) is 0 Å². The average Bonchev–Trinajstić information content (AvgIpc) is 2.25. The van der Waals surface area contributed by atoms with Gasteiger partial charge in [-0.2, -0.15) is 0 Å². The van der Waals surface area contributed by atoms with Crippen molar-refractivity contribution < 1.29 is 9.53 Å². The lowest BCUT2D eigenvalue weighted by Gasteiger charge is -2.06. The fourth-order valence-electron chi connectivity index (χ4n) is 1.07. The minimum atomic E-state index is -0.139. The first kappa shape index (κ1) is 12.7. The van der Waals surface area contributed by atoms with Gasteiger partial charge in [-0.25, -0.2) is 4.98 Å². The van der Waals surface area contributed by atoms with E-state index in [0.717, 1.165) is 4.47 Å². The number of hydrogen-bond donors (Lipinski definition) is 0. The predicted molar refractivity (Wildman–Crippen MR) is 65.6 cm³/mol. The Kier molecular flexibility index (Phi) is 4.49. The smallest absolute Gasteiger partial charge is 0.224 e. The maximum absolute atomic E-state index is 11.8. The van der Waals surface area contributed by atoms with Gasteiger partial charge in [-0.05, 0) is 22.0 Å². The molecule has 0 saturated carbocycles. The maximum atomic E-state index is 11.8. The molecule has 5 heteroatoms. The Morgan fingerprint density at radius 3 is 2.81 bits per heavy atom. The van der Waals surface area contributed by atoms with E-state index in [0.29, 0.717) is 11.4 Å². The van der Waals surface area contributed by atoms with Crippen molar-refractivity contribution >= 4 is 21.7 Å². The van der Waals surface area contributed by atoms with Crippen LogP contribution in [0.2, 0.25) is 0 Å². The summed E-state index contributed by atoms with van der Waals surface area (Å²) in [5.74, 6) is 0.191. The largest absolute Gasteiger partial charge is 0.480 e. The molecule has 1 aromatic rings. The van der Waals surface area contributed by atoms with Gasteiger partial charge in [-0.3, -0.25) is 4.79 Å². The van der Waals surface area contributed by atoms with Gasteiger partial charge in [0.25, 0.3) is 0 Å². The number of halogens is 1. The lowest BCUT2D eigenvalue weighted by atomic mass is 10.2. The van der Waals surface area contributed by atoms with E-state index in [4.69, 9.17) is 4.74 Å². The van der Waals surface area contributed by atoms with E-state index in [1.54, 1.807) is 23.4 Å². The lowest BCUT2D eigenvalue weighted by molar-refractivity contribution is 0.104. The molecule has 0 N–H and O–H groups in total. The zero-order chi connectivity index (χ0) is 12.1. The molecule has 16 heavy (non-hydrogen) atoms. The summed E-state index contributed by atoms with van der Waals surface area (Å²) in [5, 5.41) is 0. The van der Waals surface area contributed by atoms with Crippen molar-refractivity contribution in [3.63, 3.8) is 0 Å². The first-order valence-corrected chi connectivity index (χ1v) is 5.42. The Labute approximate surface area is 103 Å². The highest BCUT2D eigenvalue weighted by Gasteiger charge is 2.11. The molecule has 1 rings (SSSR count). The van der Waals surface area contributed by atoms with E-state index in [2.05, 4.69) is 20.9 Å². The van der Waals surface area contributed by atoms with Crippen molar-refractivity contribution in [1.29, 1.82) is 0 Å². The summed E-state index contributed by atoms with van der Waals surface area (Å²) in [4.78, 5) is 17.6. The summed E-state index contributed by atoms with van der Waals surface area (Å²) < 4.78 is 5.77. The van der Waals surface area contributed by atoms with E-state index in [-0.39, 0.29) is 5.78 Å². The van der Waals surface area contributed by atoms with Gasteiger partial charge in [0.2, 0.25) is 5.88 Å². The zero-order valence-electron chi connectivity index (χ0n) is 9.40. The summed E-state index contributed by atoms with van der Waals surface area (Å²) >= 11 is 3.27. The Balaban J connectivity index is 3.02. The van der Waals surface area contributed by atoms with Gasteiger partial charge in [0, 0.05) is 37.0 Å². The summed E-state index contributed by atoms with van der Waals surface area (Å²) in [6, 6.07) is 1.69. The molecule has 0 spiro atoms. The van der Waals surface area contributed by atoms with Crippen molar-refractivity contribution in [2.75, 3.05) is 21.2 Å². The van der Waals surface area contributed by atoms with Crippen LogP contribution in [0.25, 0.3) is 0 Å². The minimum Gasteiger partial charge on any atom is -0.480 e. The van der Waals surface area contributed by atoms with Crippen LogP contribution in [-0.2, 0) is 0 Å². The molecule has 4 nitrogen and oxygen atoms in total. The molecule has 0 aliphatic heterocycles. The van der Waals surface area contributed by atoms with Crippen LogP contribution in [0.1, 0.15) is 10.4 Å². The number of aromatic nitrogens is 1. The summed E-state index contributed by atoms with van der Waals surface area (Å²) in [6.45, 7) is 0. The first-order valence-electron chi connectivity index (χ1n) is 4.63.